The zero-order chi connectivity index (χ0) is 15.4. The van der Waals surface area contributed by atoms with Crippen molar-refractivity contribution < 1.29 is 4.79 Å². The van der Waals surface area contributed by atoms with Crippen LogP contribution in [0.4, 0.5) is 0 Å². The van der Waals surface area contributed by atoms with Gasteiger partial charge in [0.25, 0.3) is 5.91 Å². The van der Waals surface area contributed by atoms with E-state index < -0.39 is 0 Å². The first-order chi connectivity index (χ1) is 9.97. The van der Waals surface area contributed by atoms with Gasteiger partial charge in [-0.15, -0.1) is 0 Å². The molecule has 0 heterocycles. The zero-order valence-corrected chi connectivity index (χ0v) is 13.0. The first kappa shape index (κ1) is 15.3. The Kier molecular flexibility index (Phi) is 4.76. The van der Waals surface area contributed by atoms with Crippen LogP contribution in [-0.2, 0) is 0 Å². The van der Waals surface area contributed by atoms with Crippen molar-refractivity contribution in [3.8, 4) is 0 Å². The van der Waals surface area contributed by atoms with Crippen LogP contribution in [0.3, 0.4) is 0 Å². The largest absolute Gasteiger partial charge is 0.271 e. The monoisotopic (exact) mass is 300 g/mol. The van der Waals surface area contributed by atoms with Gasteiger partial charge in [0.2, 0.25) is 0 Å². The Labute approximate surface area is 129 Å². The minimum atomic E-state index is -0.276. The van der Waals surface area contributed by atoms with Gasteiger partial charge in [0, 0.05) is 16.1 Å². The third kappa shape index (κ3) is 3.92. The summed E-state index contributed by atoms with van der Waals surface area (Å²) in [7, 11) is 0. The Morgan fingerprint density at radius 2 is 1.90 bits per heavy atom. The topological polar surface area (TPSA) is 41.5 Å². The van der Waals surface area contributed by atoms with Gasteiger partial charge in [-0.1, -0.05) is 41.4 Å². The van der Waals surface area contributed by atoms with E-state index in [0.29, 0.717) is 10.6 Å². The van der Waals surface area contributed by atoms with E-state index in [0.717, 1.165) is 16.8 Å². The summed E-state index contributed by atoms with van der Waals surface area (Å²) >= 11 is 5.87. The predicted octanol–water partition coefficient (Wildman–Crippen LogP) is 4.11. The van der Waals surface area contributed by atoms with Gasteiger partial charge >= 0.3 is 0 Å². The van der Waals surface area contributed by atoms with Crippen molar-refractivity contribution in [3.63, 3.8) is 0 Å². The fourth-order valence-corrected chi connectivity index (χ4v) is 2.30. The number of nitrogens with one attached hydrogen (secondary N) is 1. The van der Waals surface area contributed by atoms with Crippen molar-refractivity contribution >= 4 is 23.2 Å². The molecule has 0 atom stereocenters. The van der Waals surface area contributed by atoms with Gasteiger partial charge in [0.15, 0.2) is 0 Å². The van der Waals surface area contributed by atoms with E-state index in [1.807, 2.05) is 32.9 Å². The van der Waals surface area contributed by atoms with Crippen LogP contribution in [0.2, 0.25) is 5.02 Å². The minimum absolute atomic E-state index is 0.276. The molecular formula is C17H17ClN2O. The number of hydrogen-bond acceptors (Lipinski definition) is 2. The third-order valence-corrected chi connectivity index (χ3v) is 3.42. The minimum Gasteiger partial charge on any atom is -0.267 e. The smallest absolute Gasteiger partial charge is 0.267 e. The number of carbonyl (C=O) groups excluding carboxylic acids is 1. The number of aryl methyl sites for hydroxylation is 2. The van der Waals surface area contributed by atoms with E-state index >= 15 is 0 Å². The van der Waals surface area contributed by atoms with Crippen LogP contribution in [0.5, 0.6) is 0 Å². The van der Waals surface area contributed by atoms with Crippen LogP contribution in [-0.4, -0.2) is 11.6 Å². The lowest BCUT2D eigenvalue weighted by molar-refractivity contribution is 0.0955. The summed E-state index contributed by atoms with van der Waals surface area (Å²) in [5, 5.41) is 4.69. The van der Waals surface area contributed by atoms with Crippen LogP contribution in [0.25, 0.3) is 0 Å². The van der Waals surface area contributed by atoms with Crippen LogP contribution >= 0.6 is 11.6 Å². The molecule has 0 saturated carbocycles. The van der Waals surface area contributed by atoms with Gasteiger partial charge in [0.05, 0.1) is 5.71 Å². The summed E-state index contributed by atoms with van der Waals surface area (Å²) < 4.78 is 0. The van der Waals surface area contributed by atoms with Crippen molar-refractivity contribution in [2.45, 2.75) is 20.8 Å². The van der Waals surface area contributed by atoms with Crippen molar-refractivity contribution in [1.29, 1.82) is 0 Å². The molecule has 21 heavy (non-hydrogen) atoms. The van der Waals surface area contributed by atoms with Crippen molar-refractivity contribution in [2.75, 3.05) is 0 Å². The number of rotatable bonds is 3. The molecule has 2 aromatic rings. The Hall–Kier alpha value is -2.13. The van der Waals surface area contributed by atoms with E-state index in [-0.39, 0.29) is 5.91 Å². The summed E-state index contributed by atoms with van der Waals surface area (Å²) in [5.41, 5.74) is 7.16. The quantitative estimate of drug-likeness (QED) is 0.672. The van der Waals surface area contributed by atoms with E-state index in [9.17, 15) is 4.79 Å². The first-order valence-electron chi connectivity index (χ1n) is 6.65. The van der Waals surface area contributed by atoms with Gasteiger partial charge in [-0.25, -0.2) is 5.43 Å². The molecule has 0 unspecified atom stereocenters. The number of nitrogens with zero attached hydrogens (tertiary/aromatic N) is 1. The molecule has 2 aromatic carbocycles. The summed E-state index contributed by atoms with van der Waals surface area (Å²) in [6.45, 7) is 5.94. The Morgan fingerprint density at radius 3 is 2.57 bits per heavy atom. The molecule has 0 fully saturated rings. The van der Waals surface area contributed by atoms with Crippen molar-refractivity contribution in [3.05, 3.63) is 69.7 Å². The maximum absolute atomic E-state index is 12.0. The number of hydrazone groups is 1. The van der Waals surface area contributed by atoms with Gasteiger partial charge in [-0.05, 0) is 44.5 Å². The highest BCUT2D eigenvalue weighted by Gasteiger charge is 2.06. The summed E-state index contributed by atoms with van der Waals surface area (Å²) in [5.74, 6) is -0.276. The van der Waals surface area contributed by atoms with Crippen LogP contribution in [0, 0.1) is 13.8 Å². The average molecular weight is 301 g/mol. The van der Waals surface area contributed by atoms with E-state index in [1.165, 1.54) is 5.56 Å². The fraction of sp³-hybridized carbons (Fsp3) is 0.176. The molecule has 108 valence electrons. The highest BCUT2D eigenvalue weighted by atomic mass is 35.5. The molecule has 0 bridgehead atoms. The van der Waals surface area contributed by atoms with Crippen LogP contribution < -0.4 is 5.43 Å². The number of hydrogen-bond donors (Lipinski definition) is 1. The van der Waals surface area contributed by atoms with Crippen molar-refractivity contribution in [2.24, 2.45) is 5.10 Å². The third-order valence-electron chi connectivity index (χ3n) is 3.18. The molecule has 0 aromatic heterocycles. The molecule has 1 N–H and O–H groups in total. The molecule has 0 radical (unpaired) electrons. The maximum Gasteiger partial charge on any atom is 0.271 e. The average Bonchev–Trinajstić information content (AvgIpc) is 2.44. The molecule has 0 aliphatic rings. The van der Waals surface area contributed by atoms with Crippen LogP contribution in [0.1, 0.15) is 34.0 Å². The Morgan fingerprint density at radius 1 is 1.14 bits per heavy atom. The predicted molar refractivity (Wildman–Crippen MR) is 87.0 cm³/mol. The van der Waals surface area contributed by atoms with Gasteiger partial charge in [-0.3, -0.25) is 4.79 Å². The molecule has 0 aliphatic carbocycles. The molecule has 0 spiro atoms. The standard InChI is InChI=1S/C17H17ClN2O/c1-11-7-8-16(12(2)9-11)13(3)19-20-17(21)14-5-4-6-15(18)10-14/h4-10H,1-3H3,(H,20,21)/b19-13-. The Bertz CT molecular complexity index is 708. The maximum atomic E-state index is 12.0. The number of amides is 1. The summed E-state index contributed by atoms with van der Waals surface area (Å²) in [4.78, 5) is 12.0. The Balaban J connectivity index is 2.15. The van der Waals surface area contributed by atoms with Crippen molar-refractivity contribution in [1.82, 2.24) is 5.43 Å². The molecule has 0 aliphatic heterocycles. The molecule has 0 saturated heterocycles. The number of carbonyl (C=O) groups is 1. The molecule has 3 nitrogen and oxygen atoms in total. The second-order valence-corrected chi connectivity index (χ2v) is 5.40. The first-order valence-corrected chi connectivity index (χ1v) is 7.03. The van der Waals surface area contributed by atoms with Gasteiger partial charge in [0.1, 0.15) is 0 Å². The lowest BCUT2D eigenvalue weighted by Crippen LogP contribution is -2.19. The highest BCUT2D eigenvalue weighted by molar-refractivity contribution is 6.30. The fourth-order valence-electron chi connectivity index (χ4n) is 2.11. The van der Waals surface area contributed by atoms with Gasteiger partial charge < -0.3 is 0 Å². The summed E-state index contributed by atoms with van der Waals surface area (Å²) in [6.07, 6.45) is 0. The molecule has 2 rings (SSSR count). The molecular weight excluding hydrogens is 284 g/mol. The lowest BCUT2D eigenvalue weighted by Gasteiger charge is -2.07. The number of halogens is 1. The van der Waals surface area contributed by atoms with Crippen LogP contribution in [0.15, 0.2) is 47.6 Å². The summed E-state index contributed by atoms with van der Waals surface area (Å²) in [6, 6.07) is 12.9. The normalized spacial score (nSPS) is 11.3. The number of benzene rings is 2. The molecule has 4 heteroatoms. The van der Waals surface area contributed by atoms with E-state index in [2.05, 4.69) is 16.6 Å². The molecule has 1 amide bonds. The van der Waals surface area contributed by atoms with Gasteiger partial charge in [-0.2, -0.15) is 5.10 Å². The lowest BCUT2D eigenvalue weighted by atomic mass is 10.0. The SMILES string of the molecule is C/C(=N/NC(=O)c1cccc(Cl)c1)c1ccc(C)cc1C. The second kappa shape index (κ2) is 6.55. The zero-order valence-electron chi connectivity index (χ0n) is 12.3. The van der Waals surface area contributed by atoms with E-state index in [1.54, 1.807) is 24.3 Å². The highest BCUT2D eigenvalue weighted by Crippen LogP contribution is 2.12. The second-order valence-electron chi connectivity index (χ2n) is 4.97. The van der Waals surface area contributed by atoms with E-state index in [4.69, 9.17) is 11.6 Å².